The number of nitrogens with two attached hydrogens (primary N) is 1. The van der Waals surface area contributed by atoms with E-state index >= 15 is 0 Å². The van der Waals surface area contributed by atoms with Gasteiger partial charge in [0.1, 0.15) is 0 Å². The summed E-state index contributed by atoms with van der Waals surface area (Å²) in [7, 11) is 1.89. The van der Waals surface area contributed by atoms with Gasteiger partial charge in [-0.3, -0.25) is 4.79 Å². The molecule has 1 amide bonds. The Kier molecular flexibility index (Phi) is 6.13. The number of aliphatic hydroxyl groups is 1. The Balaban J connectivity index is 2.36. The predicted octanol–water partition coefficient (Wildman–Crippen LogP) is 1.18. The van der Waals surface area contributed by atoms with Crippen LogP contribution in [0.25, 0.3) is 0 Å². The van der Waals surface area contributed by atoms with E-state index < -0.39 is 5.60 Å². The topological polar surface area (TPSA) is 78.6 Å². The van der Waals surface area contributed by atoms with Gasteiger partial charge in [0.25, 0.3) is 0 Å². The first-order valence-electron chi connectivity index (χ1n) is 6.80. The Hall–Kier alpha value is -1.43. The molecule has 112 valence electrons. The number of amides is 1. The van der Waals surface area contributed by atoms with E-state index in [1.54, 1.807) is 13.8 Å². The minimum absolute atomic E-state index is 0.0342. The van der Waals surface area contributed by atoms with Gasteiger partial charge < -0.3 is 21.1 Å². The number of nitrogens with zero attached hydrogens (tertiary/aromatic N) is 1. The number of carbonyl (C=O) groups is 1. The Bertz CT molecular complexity index is 424. The van der Waals surface area contributed by atoms with Gasteiger partial charge in [-0.1, -0.05) is 12.1 Å². The van der Waals surface area contributed by atoms with E-state index in [0.29, 0.717) is 26.1 Å². The van der Waals surface area contributed by atoms with Gasteiger partial charge in [-0.15, -0.1) is 0 Å². The lowest BCUT2D eigenvalue weighted by molar-refractivity contribution is -0.116. The van der Waals surface area contributed by atoms with E-state index in [0.717, 1.165) is 11.3 Å². The Morgan fingerprint density at radius 3 is 2.45 bits per heavy atom. The number of carbonyl (C=O) groups excluding carboxylic acids is 1. The number of likely N-dealkylation sites (N-methyl/N-ethyl adjacent to an activating group) is 1. The first kappa shape index (κ1) is 16.6. The van der Waals surface area contributed by atoms with E-state index in [1.165, 1.54) is 0 Å². The van der Waals surface area contributed by atoms with Crippen LogP contribution in [0.4, 0.5) is 5.69 Å². The number of hydrogen-bond acceptors (Lipinski definition) is 4. The summed E-state index contributed by atoms with van der Waals surface area (Å²) in [6.45, 7) is 5.14. The molecule has 0 atom stereocenters. The molecule has 0 aliphatic rings. The third-order valence-corrected chi connectivity index (χ3v) is 2.85. The zero-order valence-electron chi connectivity index (χ0n) is 12.5. The van der Waals surface area contributed by atoms with Gasteiger partial charge in [-0.25, -0.2) is 0 Å². The van der Waals surface area contributed by atoms with Crippen molar-refractivity contribution in [3.8, 4) is 0 Å². The van der Waals surface area contributed by atoms with Gasteiger partial charge in [-0.2, -0.15) is 0 Å². The third kappa shape index (κ3) is 6.65. The van der Waals surface area contributed by atoms with E-state index in [1.807, 2.05) is 36.2 Å². The lowest BCUT2D eigenvalue weighted by Gasteiger charge is -2.25. The van der Waals surface area contributed by atoms with E-state index in [2.05, 4.69) is 5.32 Å². The van der Waals surface area contributed by atoms with Crippen LogP contribution in [0.1, 0.15) is 25.8 Å². The smallest absolute Gasteiger partial charge is 0.225 e. The van der Waals surface area contributed by atoms with E-state index in [9.17, 15) is 9.90 Å². The maximum absolute atomic E-state index is 11.8. The summed E-state index contributed by atoms with van der Waals surface area (Å²) in [6, 6.07) is 7.49. The number of rotatable bonds is 7. The van der Waals surface area contributed by atoms with Crippen LogP contribution in [0.15, 0.2) is 24.3 Å². The standard InChI is InChI=1S/C15H25N3O2/c1-15(2,20)11-18(3)9-8-14(19)17-13-6-4-12(10-16)5-7-13/h4-7,20H,8-11,16H2,1-3H3,(H,17,19). The van der Waals surface area contributed by atoms with Crippen LogP contribution in [-0.4, -0.2) is 41.7 Å². The van der Waals surface area contributed by atoms with Crippen LogP contribution >= 0.6 is 0 Å². The van der Waals surface area contributed by atoms with Crippen molar-refractivity contribution in [3.63, 3.8) is 0 Å². The maximum Gasteiger partial charge on any atom is 0.225 e. The molecule has 0 radical (unpaired) electrons. The molecule has 4 N–H and O–H groups in total. The largest absolute Gasteiger partial charge is 0.389 e. The Morgan fingerprint density at radius 2 is 1.95 bits per heavy atom. The van der Waals surface area contributed by atoms with Crippen molar-refractivity contribution < 1.29 is 9.90 Å². The second-order valence-electron chi connectivity index (χ2n) is 5.75. The van der Waals surface area contributed by atoms with E-state index in [-0.39, 0.29) is 5.91 Å². The van der Waals surface area contributed by atoms with Crippen LogP contribution in [0, 0.1) is 0 Å². The molecule has 0 saturated heterocycles. The highest BCUT2D eigenvalue weighted by molar-refractivity contribution is 5.90. The lowest BCUT2D eigenvalue weighted by atomic mass is 10.1. The average molecular weight is 279 g/mol. The number of anilines is 1. The first-order valence-corrected chi connectivity index (χ1v) is 6.80. The molecule has 20 heavy (non-hydrogen) atoms. The van der Waals surface area contributed by atoms with Crippen molar-refractivity contribution in [2.24, 2.45) is 5.73 Å². The lowest BCUT2D eigenvalue weighted by Crippen LogP contribution is -2.37. The number of hydrogen-bond donors (Lipinski definition) is 3. The molecule has 0 aliphatic carbocycles. The Morgan fingerprint density at radius 1 is 1.35 bits per heavy atom. The summed E-state index contributed by atoms with van der Waals surface area (Å²) in [6.07, 6.45) is 0.394. The molecule has 1 aromatic rings. The van der Waals surface area contributed by atoms with Crippen LogP contribution < -0.4 is 11.1 Å². The van der Waals surface area contributed by atoms with E-state index in [4.69, 9.17) is 5.73 Å². The highest BCUT2D eigenvalue weighted by atomic mass is 16.3. The summed E-state index contributed by atoms with van der Waals surface area (Å²) in [5.41, 5.74) is 6.58. The fourth-order valence-electron chi connectivity index (χ4n) is 1.98. The molecule has 1 aromatic carbocycles. The van der Waals surface area contributed by atoms with Gasteiger partial charge in [0.2, 0.25) is 5.91 Å². The molecule has 5 heteroatoms. The summed E-state index contributed by atoms with van der Waals surface area (Å²) >= 11 is 0. The second-order valence-corrected chi connectivity index (χ2v) is 5.75. The first-order chi connectivity index (χ1) is 9.30. The normalized spacial score (nSPS) is 11.7. The van der Waals surface area contributed by atoms with Crippen molar-refractivity contribution in [1.29, 1.82) is 0 Å². The molecule has 0 heterocycles. The molecule has 0 unspecified atom stereocenters. The van der Waals surface area contributed by atoms with Crippen molar-refractivity contribution in [2.75, 3.05) is 25.5 Å². The van der Waals surface area contributed by atoms with Crippen LogP contribution in [0.2, 0.25) is 0 Å². The quantitative estimate of drug-likeness (QED) is 0.700. The SMILES string of the molecule is CN(CCC(=O)Nc1ccc(CN)cc1)CC(C)(C)O. The zero-order chi connectivity index (χ0) is 15.2. The maximum atomic E-state index is 11.8. The molecule has 5 nitrogen and oxygen atoms in total. The molecule has 1 rings (SSSR count). The highest BCUT2D eigenvalue weighted by Gasteiger charge is 2.16. The predicted molar refractivity (Wildman–Crippen MR) is 81.4 cm³/mol. The molecule has 0 fully saturated rings. The van der Waals surface area contributed by atoms with Crippen molar-refractivity contribution in [2.45, 2.75) is 32.4 Å². The van der Waals surface area contributed by atoms with Gasteiger partial charge in [-0.05, 0) is 38.6 Å². The van der Waals surface area contributed by atoms with Crippen LogP contribution in [0.3, 0.4) is 0 Å². The van der Waals surface area contributed by atoms with Gasteiger partial charge in [0.05, 0.1) is 5.60 Å². The average Bonchev–Trinajstić information content (AvgIpc) is 2.35. The van der Waals surface area contributed by atoms with Crippen molar-refractivity contribution >= 4 is 11.6 Å². The van der Waals surface area contributed by atoms with Crippen molar-refractivity contribution in [1.82, 2.24) is 4.90 Å². The van der Waals surface area contributed by atoms with Gasteiger partial charge in [0.15, 0.2) is 0 Å². The molecule has 0 aromatic heterocycles. The van der Waals surface area contributed by atoms with Gasteiger partial charge in [0, 0.05) is 31.7 Å². The summed E-state index contributed by atoms with van der Waals surface area (Å²) < 4.78 is 0. The molecule has 0 aliphatic heterocycles. The van der Waals surface area contributed by atoms with Crippen LogP contribution in [0.5, 0.6) is 0 Å². The molecule has 0 spiro atoms. The number of benzene rings is 1. The summed E-state index contributed by atoms with van der Waals surface area (Å²) in [5.74, 6) is -0.0342. The summed E-state index contributed by atoms with van der Waals surface area (Å²) in [4.78, 5) is 13.8. The third-order valence-electron chi connectivity index (χ3n) is 2.85. The fourth-order valence-corrected chi connectivity index (χ4v) is 1.98. The molecular weight excluding hydrogens is 254 g/mol. The number of nitrogens with one attached hydrogen (secondary N) is 1. The van der Waals surface area contributed by atoms with Crippen LogP contribution in [-0.2, 0) is 11.3 Å². The zero-order valence-corrected chi connectivity index (χ0v) is 12.5. The monoisotopic (exact) mass is 279 g/mol. The van der Waals surface area contributed by atoms with Crippen molar-refractivity contribution in [3.05, 3.63) is 29.8 Å². The minimum Gasteiger partial charge on any atom is -0.389 e. The molecule has 0 bridgehead atoms. The second kappa shape index (κ2) is 7.38. The van der Waals surface area contributed by atoms with Gasteiger partial charge >= 0.3 is 0 Å². The molecule has 0 saturated carbocycles. The molecular formula is C15H25N3O2. The summed E-state index contributed by atoms with van der Waals surface area (Å²) in [5, 5.41) is 12.5. The highest BCUT2D eigenvalue weighted by Crippen LogP contribution is 2.10. The fraction of sp³-hybridized carbons (Fsp3) is 0.533. The minimum atomic E-state index is -0.747. The Labute approximate surface area is 120 Å².